The van der Waals surface area contributed by atoms with Crippen LogP contribution in [0.4, 0.5) is 0 Å². The number of nitrogens with one attached hydrogen (secondary N) is 2. The van der Waals surface area contributed by atoms with Crippen LogP contribution >= 0.6 is 24.0 Å². The Balaban J connectivity index is 0.00000225. The molecule has 0 saturated carbocycles. The highest BCUT2D eigenvalue weighted by molar-refractivity contribution is 14.0. The molecular formula is C18H22IN5O. The third-order valence-electron chi connectivity index (χ3n) is 3.89. The SMILES string of the molecule is CN=C(NCc1nc(C)c(C)o1)NCc1ccnc2ccccc12.I. The topological polar surface area (TPSA) is 75.3 Å². The number of benzene rings is 1. The maximum Gasteiger partial charge on any atom is 0.214 e. The summed E-state index contributed by atoms with van der Waals surface area (Å²) in [6.07, 6.45) is 1.83. The molecule has 6 nitrogen and oxygen atoms in total. The number of rotatable bonds is 4. The summed E-state index contributed by atoms with van der Waals surface area (Å²) in [5, 5.41) is 7.66. The lowest BCUT2D eigenvalue weighted by Crippen LogP contribution is -2.36. The fraction of sp³-hybridized carbons (Fsp3) is 0.278. The molecule has 7 heteroatoms. The Morgan fingerprint density at radius 1 is 1.12 bits per heavy atom. The van der Waals surface area contributed by atoms with Gasteiger partial charge in [-0.05, 0) is 31.5 Å². The molecule has 3 aromatic rings. The van der Waals surface area contributed by atoms with Gasteiger partial charge in [0.15, 0.2) is 5.96 Å². The molecule has 0 aliphatic carbocycles. The van der Waals surface area contributed by atoms with Crippen LogP contribution < -0.4 is 10.6 Å². The van der Waals surface area contributed by atoms with Crippen LogP contribution in [0.15, 0.2) is 45.9 Å². The second kappa shape index (κ2) is 8.80. The maximum atomic E-state index is 5.56. The molecule has 2 N–H and O–H groups in total. The van der Waals surface area contributed by atoms with Crippen LogP contribution in [0.2, 0.25) is 0 Å². The van der Waals surface area contributed by atoms with Gasteiger partial charge in [0, 0.05) is 25.2 Å². The molecule has 0 atom stereocenters. The standard InChI is InChI=1S/C18H21N5O.HI/c1-12-13(2)24-17(23-12)11-22-18(19-3)21-10-14-8-9-20-16-7-5-4-6-15(14)16;/h4-9H,10-11H2,1-3H3,(H2,19,21,22);1H. The van der Waals surface area contributed by atoms with E-state index in [0.717, 1.165) is 22.4 Å². The molecule has 132 valence electrons. The fourth-order valence-electron chi connectivity index (χ4n) is 2.48. The molecule has 0 spiro atoms. The fourth-order valence-corrected chi connectivity index (χ4v) is 2.48. The highest BCUT2D eigenvalue weighted by Crippen LogP contribution is 2.15. The predicted molar refractivity (Wildman–Crippen MR) is 110 cm³/mol. The zero-order valence-electron chi connectivity index (χ0n) is 14.5. The molecule has 1 aromatic carbocycles. The van der Waals surface area contributed by atoms with Crippen molar-refractivity contribution in [3.8, 4) is 0 Å². The average Bonchev–Trinajstić information content (AvgIpc) is 2.93. The Kier molecular flexibility index (Phi) is 6.74. The third-order valence-corrected chi connectivity index (χ3v) is 3.89. The Morgan fingerprint density at radius 2 is 1.88 bits per heavy atom. The Morgan fingerprint density at radius 3 is 2.60 bits per heavy atom. The first kappa shape index (κ1) is 19.2. The summed E-state index contributed by atoms with van der Waals surface area (Å²) in [4.78, 5) is 13.0. The minimum atomic E-state index is 0. The van der Waals surface area contributed by atoms with Crippen molar-refractivity contribution in [1.29, 1.82) is 0 Å². The van der Waals surface area contributed by atoms with E-state index in [2.05, 4.69) is 31.7 Å². The van der Waals surface area contributed by atoms with Crippen LogP contribution in [0.25, 0.3) is 10.9 Å². The van der Waals surface area contributed by atoms with Crippen molar-refractivity contribution in [1.82, 2.24) is 20.6 Å². The molecule has 25 heavy (non-hydrogen) atoms. The summed E-state index contributed by atoms with van der Waals surface area (Å²) in [5.41, 5.74) is 3.08. The van der Waals surface area contributed by atoms with Crippen molar-refractivity contribution in [3.63, 3.8) is 0 Å². The first-order chi connectivity index (χ1) is 11.7. The van der Waals surface area contributed by atoms with E-state index in [1.165, 1.54) is 5.56 Å². The van der Waals surface area contributed by atoms with Gasteiger partial charge in [0.2, 0.25) is 5.89 Å². The normalized spacial score (nSPS) is 11.2. The van der Waals surface area contributed by atoms with Crippen molar-refractivity contribution in [2.45, 2.75) is 26.9 Å². The van der Waals surface area contributed by atoms with Crippen LogP contribution in [-0.4, -0.2) is 23.0 Å². The van der Waals surface area contributed by atoms with Crippen LogP contribution in [0.3, 0.4) is 0 Å². The van der Waals surface area contributed by atoms with Crippen molar-refractivity contribution in [3.05, 3.63) is 59.4 Å². The van der Waals surface area contributed by atoms with Gasteiger partial charge in [-0.3, -0.25) is 9.98 Å². The van der Waals surface area contributed by atoms with Gasteiger partial charge in [0.1, 0.15) is 5.76 Å². The van der Waals surface area contributed by atoms with E-state index in [1.54, 1.807) is 7.05 Å². The van der Waals surface area contributed by atoms with E-state index < -0.39 is 0 Å². The van der Waals surface area contributed by atoms with E-state index in [1.807, 2.05) is 44.3 Å². The van der Waals surface area contributed by atoms with Gasteiger partial charge in [-0.2, -0.15) is 0 Å². The van der Waals surface area contributed by atoms with Crippen LogP contribution in [0, 0.1) is 13.8 Å². The second-order valence-electron chi connectivity index (χ2n) is 5.52. The molecule has 0 unspecified atom stereocenters. The number of guanidine groups is 1. The van der Waals surface area contributed by atoms with Gasteiger partial charge in [0.25, 0.3) is 0 Å². The number of aryl methyl sites for hydroxylation is 2. The monoisotopic (exact) mass is 451 g/mol. The van der Waals surface area contributed by atoms with Gasteiger partial charge in [-0.25, -0.2) is 4.98 Å². The van der Waals surface area contributed by atoms with Gasteiger partial charge < -0.3 is 15.1 Å². The summed E-state index contributed by atoms with van der Waals surface area (Å²) < 4.78 is 5.56. The predicted octanol–water partition coefficient (Wildman–Crippen LogP) is 3.32. The van der Waals surface area contributed by atoms with Crippen molar-refractivity contribution in [2.24, 2.45) is 4.99 Å². The zero-order chi connectivity index (χ0) is 16.9. The van der Waals surface area contributed by atoms with Crippen LogP contribution in [0.5, 0.6) is 0 Å². The molecule has 2 aromatic heterocycles. The molecule has 0 radical (unpaired) electrons. The number of halogens is 1. The van der Waals surface area contributed by atoms with Crippen LogP contribution in [0.1, 0.15) is 22.9 Å². The molecule has 0 bridgehead atoms. The molecular weight excluding hydrogens is 429 g/mol. The summed E-state index contributed by atoms with van der Waals surface area (Å²) in [6.45, 7) is 5.00. The average molecular weight is 451 g/mol. The largest absolute Gasteiger partial charge is 0.444 e. The molecule has 0 fully saturated rings. The van der Waals surface area contributed by atoms with Gasteiger partial charge in [-0.1, -0.05) is 18.2 Å². The number of hydrogen-bond donors (Lipinski definition) is 2. The minimum absolute atomic E-state index is 0. The highest BCUT2D eigenvalue weighted by Gasteiger charge is 2.07. The number of pyridine rings is 1. The molecule has 3 rings (SSSR count). The maximum absolute atomic E-state index is 5.56. The molecule has 0 amide bonds. The van der Waals surface area contributed by atoms with Gasteiger partial charge in [-0.15, -0.1) is 24.0 Å². The molecule has 0 aliphatic rings. The van der Waals surface area contributed by atoms with Gasteiger partial charge in [0.05, 0.1) is 17.8 Å². The first-order valence-corrected chi connectivity index (χ1v) is 7.87. The Hall–Kier alpha value is -2.16. The third kappa shape index (κ3) is 4.68. The first-order valence-electron chi connectivity index (χ1n) is 7.87. The zero-order valence-corrected chi connectivity index (χ0v) is 16.9. The van der Waals surface area contributed by atoms with E-state index in [-0.39, 0.29) is 24.0 Å². The number of hydrogen-bond acceptors (Lipinski definition) is 4. The van der Waals surface area contributed by atoms with Gasteiger partial charge >= 0.3 is 0 Å². The van der Waals surface area contributed by atoms with E-state index in [4.69, 9.17) is 4.42 Å². The lowest BCUT2D eigenvalue weighted by molar-refractivity contribution is 0.463. The van der Waals surface area contributed by atoms with Crippen molar-refractivity contribution < 1.29 is 4.42 Å². The summed E-state index contributed by atoms with van der Waals surface area (Å²) >= 11 is 0. The molecule has 2 heterocycles. The quantitative estimate of drug-likeness (QED) is 0.362. The number of aliphatic imine (C=N–C) groups is 1. The molecule has 0 saturated heterocycles. The minimum Gasteiger partial charge on any atom is -0.444 e. The second-order valence-corrected chi connectivity index (χ2v) is 5.52. The highest BCUT2D eigenvalue weighted by atomic mass is 127. The Labute approximate surface area is 164 Å². The number of nitrogens with zero attached hydrogens (tertiary/aromatic N) is 3. The summed E-state index contributed by atoms with van der Waals surface area (Å²) in [7, 11) is 1.74. The van der Waals surface area contributed by atoms with Crippen molar-refractivity contribution in [2.75, 3.05) is 7.05 Å². The van der Waals surface area contributed by atoms with Crippen molar-refractivity contribution >= 4 is 40.8 Å². The smallest absolute Gasteiger partial charge is 0.214 e. The van der Waals surface area contributed by atoms with E-state index in [9.17, 15) is 0 Å². The summed E-state index contributed by atoms with van der Waals surface area (Å²) in [5.74, 6) is 2.20. The number of fused-ring (bicyclic) bond motifs is 1. The van der Waals surface area contributed by atoms with Crippen LogP contribution in [-0.2, 0) is 13.1 Å². The van der Waals surface area contributed by atoms with E-state index in [0.29, 0.717) is 24.9 Å². The summed E-state index contributed by atoms with van der Waals surface area (Å²) in [6, 6.07) is 10.1. The lowest BCUT2D eigenvalue weighted by atomic mass is 10.1. The number of oxazole rings is 1. The number of para-hydroxylation sites is 1. The molecule has 0 aliphatic heterocycles. The number of aromatic nitrogens is 2. The van der Waals surface area contributed by atoms with E-state index >= 15 is 0 Å². The lowest BCUT2D eigenvalue weighted by Gasteiger charge is -2.12. The Bertz CT molecular complexity index is 850.